The molecule has 1 saturated heterocycles. The Kier molecular flexibility index (Phi) is 5.05. The van der Waals surface area contributed by atoms with Crippen LogP contribution in [0.3, 0.4) is 0 Å². The maximum Gasteiger partial charge on any atom is 0.244 e. The normalized spacial score (nSPS) is 21.6. The van der Waals surface area contributed by atoms with Gasteiger partial charge in [-0.1, -0.05) is 30.1 Å². The minimum absolute atomic E-state index is 0.00511. The van der Waals surface area contributed by atoms with Gasteiger partial charge in [-0.3, -0.25) is 0 Å². The number of likely N-dealkylation sites (N-methyl/N-ethyl adjacent to an activating group) is 1. The van der Waals surface area contributed by atoms with E-state index in [9.17, 15) is 8.42 Å². The molecule has 1 unspecified atom stereocenters. The first kappa shape index (κ1) is 16.8. The topological polar surface area (TPSA) is 66.6 Å². The Morgan fingerprint density at radius 1 is 1.33 bits per heavy atom. The van der Waals surface area contributed by atoms with E-state index in [1.165, 1.54) is 16.4 Å². The van der Waals surface area contributed by atoms with Gasteiger partial charge in [-0.25, -0.2) is 8.42 Å². The molecule has 1 aromatic carbocycles. The second kappa shape index (κ2) is 6.30. The summed E-state index contributed by atoms with van der Waals surface area (Å²) in [5.74, 6) is 0. The molecule has 0 aromatic heterocycles. The number of halogens is 2. The van der Waals surface area contributed by atoms with Crippen LogP contribution in [0, 0.1) is 0 Å². The van der Waals surface area contributed by atoms with Crippen molar-refractivity contribution in [1.29, 1.82) is 0 Å². The summed E-state index contributed by atoms with van der Waals surface area (Å²) in [6.07, 6.45) is 0.888. The first-order chi connectivity index (χ1) is 9.78. The van der Waals surface area contributed by atoms with E-state index in [0.29, 0.717) is 19.6 Å². The highest BCUT2D eigenvalue weighted by Crippen LogP contribution is 2.35. The Bertz CT molecular complexity index is 637. The molecule has 0 amide bonds. The van der Waals surface area contributed by atoms with E-state index in [2.05, 4.69) is 4.90 Å². The second-order valence-corrected chi connectivity index (χ2v) is 7.87. The van der Waals surface area contributed by atoms with Crippen molar-refractivity contribution in [2.24, 2.45) is 0 Å². The van der Waals surface area contributed by atoms with Crippen LogP contribution < -0.4 is 5.73 Å². The Morgan fingerprint density at radius 3 is 2.62 bits per heavy atom. The molecule has 1 atom stereocenters. The molecule has 0 aliphatic carbocycles. The largest absolute Gasteiger partial charge is 0.396 e. The molecular weight excluding hydrogens is 333 g/mol. The third kappa shape index (κ3) is 3.14. The number of sulfonamides is 1. The van der Waals surface area contributed by atoms with E-state index in [1.807, 2.05) is 14.0 Å². The Morgan fingerprint density at radius 2 is 2.00 bits per heavy atom. The van der Waals surface area contributed by atoms with E-state index in [-0.39, 0.29) is 26.7 Å². The maximum absolute atomic E-state index is 12.8. The average Bonchev–Trinajstić information content (AvgIpc) is 2.44. The number of hydrogen-bond acceptors (Lipinski definition) is 4. The van der Waals surface area contributed by atoms with Crippen molar-refractivity contribution in [3.63, 3.8) is 0 Å². The second-order valence-electron chi connectivity index (χ2n) is 5.18. The molecule has 21 heavy (non-hydrogen) atoms. The van der Waals surface area contributed by atoms with Gasteiger partial charge in [0.15, 0.2) is 0 Å². The number of nitrogens with zero attached hydrogens (tertiary/aromatic N) is 2. The standard InChI is InChI=1S/C13H19Cl2N3O2S/c1-3-9-8-18(7-6-17(9)2)21(19,20)11-5-4-10(14)13(16)12(11)15/h4-5,9H,3,6-8,16H2,1-2H3. The van der Waals surface area contributed by atoms with Crippen LogP contribution in [-0.4, -0.2) is 50.3 Å². The van der Waals surface area contributed by atoms with Gasteiger partial charge in [0, 0.05) is 25.7 Å². The van der Waals surface area contributed by atoms with Crippen LogP contribution in [0.1, 0.15) is 13.3 Å². The van der Waals surface area contributed by atoms with E-state index >= 15 is 0 Å². The van der Waals surface area contributed by atoms with Crippen LogP contribution in [0.2, 0.25) is 10.0 Å². The molecule has 1 aliphatic rings. The van der Waals surface area contributed by atoms with E-state index in [1.54, 1.807) is 0 Å². The Hall–Kier alpha value is -0.530. The SMILES string of the molecule is CCC1CN(S(=O)(=O)c2ccc(Cl)c(N)c2Cl)CCN1C. The van der Waals surface area contributed by atoms with Crippen molar-refractivity contribution < 1.29 is 8.42 Å². The van der Waals surface area contributed by atoms with E-state index < -0.39 is 10.0 Å². The molecule has 1 fully saturated rings. The molecule has 0 saturated carbocycles. The summed E-state index contributed by atoms with van der Waals surface area (Å²) < 4.78 is 27.0. The maximum atomic E-state index is 12.8. The average molecular weight is 352 g/mol. The van der Waals surface area contributed by atoms with Crippen LogP contribution in [0.15, 0.2) is 17.0 Å². The summed E-state index contributed by atoms with van der Waals surface area (Å²) in [5.41, 5.74) is 5.83. The van der Waals surface area contributed by atoms with Crippen molar-refractivity contribution in [2.75, 3.05) is 32.4 Å². The van der Waals surface area contributed by atoms with E-state index in [4.69, 9.17) is 28.9 Å². The molecular formula is C13H19Cl2N3O2S. The molecule has 0 radical (unpaired) electrons. The quantitative estimate of drug-likeness (QED) is 0.848. The molecule has 8 heteroatoms. The fourth-order valence-electron chi connectivity index (χ4n) is 2.46. The fourth-order valence-corrected chi connectivity index (χ4v) is 4.67. The third-order valence-electron chi connectivity index (χ3n) is 3.92. The van der Waals surface area contributed by atoms with Gasteiger partial charge in [-0.05, 0) is 25.6 Å². The van der Waals surface area contributed by atoms with Crippen molar-refractivity contribution in [3.8, 4) is 0 Å². The van der Waals surface area contributed by atoms with Gasteiger partial charge in [0.05, 0.1) is 15.7 Å². The first-order valence-corrected chi connectivity index (χ1v) is 8.92. The zero-order valence-corrected chi connectivity index (χ0v) is 14.3. The van der Waals surface area contributed by atoms with Crippen LogP contribution in [0.4, 0.5) is 5.69 Å². The van der Waals surface area contributed by atoms with Crippen molar-refractivity contribution in [3.05, 3.63) is 22.2 Å². The minimum atomic E-state index is -3.66. The van der Waals surface area contributed by atoms with E-state index in [0.717, 1.165) is 6.42 Å². The summed E-state index contributed by atoms with van der Waals surface area (Å²) in [5, 5.41) is 0.248. The molecule has 0 bridgehead atoms. The van der Waals surface area contributed by atoms with Gasteiger partial charge in [-0.15, -0.1) is 0 Å². The molecule has 1 aromatic rings. The van der Waals surface area contributed by atoms with Crippen LogP contribution in [-0.2, 0) is 10.0 Å². The Balaban J connectivity index is 2.37. The van der Waals surface area contributed by atoms with Gasteiger partial charge in [0.2, 0.25) is 10.0 Å². The highest BCUT2D eigenvalue weighted by Gasteiger charge is 2.33. The first-order valence-electron chi connectivity index (χ1n) is 6.73. The summed E-state index contributed by atoms with van der Waals surface area (Å²) in [4.78, 5) is 2.19. The number of nitrogens with two attached hydrogens (primary N) is 1. The fraction of sp³-hybridized carbons (Fsp3) is 0.538. The van der Waals surface area contributed by atoms with Crippen LogP contribution in [0.25, 0.3) is 0 Å². The lowest BCUT2D eigenvalue weighted by Crippen LogP contribution is -2.52. The third-order valence-corrected chi connectivity index (χ3v) is 6.68. The number of hydrogen-bond donors (Lipinski definition) is 1. The molecule has 2 N–H and O–H groups in total. The minimum Gasteiger partial charge on any atom is -0.396 e. The molecule has 2 rings (SSSR count). The lowest BCUT2D eigenvalue weighted by Gasteiger charge is -2.38. The Labute approximate surface area is 135 Å². The zero-order chi connectivity index (χ0) is 15.8. The summed E-state index contributed by atoms with van der Waals surface area (Å²) in [7, 11) is -1.66. The van der Waals surface area contributed by atoms with Crippen LogP contribution >= 0.6 is 23.2 Å². The molecule has 5 nitrogen and oxygen atoms in total. The molecule has 1 heterocycles. The summed E-state index contributed by atoms with van der Waals surface area (Å²) in [6.45, 7) is 3.63. The van der Waals surface area contributed by atoms with Gasteiger partial charge in [0.1, 0.15) is 4.90 Å². The molecule has 1 aliphatic heterocycles. The predicted molar refractivity (Wildman–Crippen MR) is 86.3 cm³/mol. The van der Waals surface area contributed by atoms with Gasteiger partial charge < -0.3 is 10.6 Å². The molecule has 0 spiro atoms. The predicted octanol–water partition coefficient (Wildman–Crippen LogP) is 2.29. The van der Waals surface area contributed by atoms with Crippen molar-refractivity contribution >= 4 is 38.9 Å². The number of benzene rings is 1. The number of anilines is 1. The number of piperazine rings is 1. The highest BCUT2D eigenvalue weighted by atomic mass is 35.5. The highest BCUT2D eigenvalue weighted by molar-refractivity contribution is 7.89. The van der Waals surface area contributed by atoms with Gasteiger partial charge in [0.25, 0.3) is 0 Å². The van der Waals surface area contributed by atoms with Crippen molar-refractivity contribution in [2.45, 2.75) is 24.3 Å². The smallest absolute Gasteiger partial charge is 0.244 e. The van der Waals surface area contributed by atoms with Gasteiger partial charge >= 0.3 is 0 Å². The van der Waals surface area contributed by atoms with Crippen LogP contribution in [0.5, 0.6) is 0 Å². The number of rotatable bonds is 3. The molecule has 118 valence electrons. The lowest BCUT2D eigenvalue weighted by molar-refractivity contribution is 0.144. The van der Waals surface area contributed by atoms with Crippen molar-refractivity contribution in [1.82, 2.24) is 9.21 Å². The monoisotopic (exact) mass is 351 g/mol. The van der Waals surface area contributed by atoms with Gasteiger partial charge in [-0.2, -0.15) is 4.31 Å². The summed E-state index contributed by atoms with van der Waals surface area (Å²) >= 11 is 11.9. The lowest BCUT2D eigenvalue weighted by atomic mass is 10.1. The number of nitrogen functional groups attached to an aromatic ring is 1. The summed E-state index contributed by atoms with van der Waals surface area (Å²) in [6, 6.07) is 3.08. The zero-order valence-electron chi connectivity index (χ0n) is 12.0.